The molecule has 0 saturated carbocycles. The van der Waals surface area contributed by atoms with Crippen molar-refractivity contribution in [2.45, 2.75) is 26.8 Å². The summed E-state index contributed by atoms with van der Waals surface area (Å²) >= 11 is 0. The SMILES string of the molecule is COCCNC(C)c1cc(C)c(O)c(C(C)=O)c1. The van der Waals surface area contributed by atoms with E-state index in [0.29, 0.717) is 12.2 Å². The van der Waals surface area contributed by atoms with Crippen LogP contribution in [0.2, 0.25) is 0 Å². The number of rotatable bonds is 6. The second-order valence-electron chi connectivity index (χ2n) is 4.46. The molecular formula is C14H21NO3. The van der Waals surface area contributed by atoms with Crippen LogP contribution in [0.5, 0.6) is 5.75 Å². The Morgan fingerprint density at radius 3 is 2.72 bits per heavy atom. The minimum atomic E-state index is -0.124. The largest absolute Gasteiger partial charge is 0.507 e. The molecule has 0 radical (unpaired) electrons. The van der Waals surface area contributed by atoms with Crippen LogP contribution in [0.15, 0.2) is 12.1 Å². The fraction of sp³-hybridized carbons (Fsp3) is 0.500. The van der Waals surface area contributed by atoms with E-state index in [0.717, 1.165) is 17.7 Å². The van der Waals surface area contributed by atoms with Gasteiger partial charge in [-0.3, -0.25) is 4.79 Å². The Morgan fingerprint density at radius 1 is 1.50 bits per heavy atom. The highest BCUT2D eigenvalue weighted by Crippen LogP contribution is 2.27. The number of Topliss-reactive ketones (excluding diaryl/α,β-unsaturated/α-hetero) is 1. The fourth-order valence-electron chi connectivity index (χ4n) is 1.82. The monoisotopic (exact) mass is 251 g/mol. The summed E-state index contributed by atoms with van der Waals surface area (Å²) in [5.41, 5.74) is 2.09. The highest BCUT2D eigenvalue weighted by Gasteiger charge is 2.13. The molecule has 0 fully saturated rings. The molecule has 0 aliphatic carbocycles. The highest BCUT2D eigenvalue weighted by atomic mass is 16.5. The third-order valence-electron chi connectivity index (χ3n) is 2.96. The van der Waals surface area contributed by atoms with Crippen LogP contribution in [-0.4, -0.2) is 31.2 Å². The van der Waals surface area contributed by atoms with Gasteiger partial charge < -0.3 is 15.2 Å². The second-order valence-corrected chi connectivity index (χ2v) is 4.46. The summed E-state index contributed by atoms with van der Waals surface area (Å²) < 4.78 is 4.98. The number of aromatic hydroxyl groups is 1. The van der Waals surface area contributed by atoms with Gasteiger partial charge in [0, 0.05) is 19.7 Å². The number of methoxy groups -OCH3 is 1. The number of nitrogens with one attached hydrogen (secondary N) is 1. The normalized spacial score (nSPS) is 12.4. The molecule has 1 atom stereocenters. The zero-order valence-corrected chi connectivity index (χ0v) is 11.4. The topological polar surface area (TPSA) is 58.6 Å². The molecule has 18 heavy (non-hydrogen) atoms. The van der Waals surface area contributed by atoms with Crippen molar-refractivity contribution in [1.82, 2.24) is 5.32 Å². The van der Waals surface area contributed by atoms with Gasteiger partial charge in [-0.25, -0.2) is 0 Å². The fourth-order valence-corrected chi connectivity index (χ4v) is 1.82. The van der Waals surface area contributed by atoms with E-state index in [1.165, 1.54) is 6.92 Å². The summed E-state index contributed by atoms with van der Waals surface area (Å²) in [5, 5.41) is 13.1. The average molecular weight is 251 g/mol. The molecule has 0 aromatic heterocycles. The number of hydrogen-bond acceptors (Lipinski definition) is 4. The summed E-state index contributed by atoms with van der Waals surface area (Å²) in [5.74, 6) is -0.0446. The first kappa shape index (κ1) is 14.7. The van der Waals surface area contributed by atoms with Crippen LogP contribution >= 0.6 is 0 Å². The maximum atomic E-state index is 11.5. The lowest BCUT2D eigenvalue weighted by Crippen LogP contribution is -2.23. The first-order valence-electron chi connectivity index (χ1n) is 6.04. The van der Waals surface area contributed by atoms with E-state index >= 15 is 0 Å². The van der Waals surface area contributed by atoms with Gasteiger partial charge in [-0.2, -0.15) is 0 Å². The predicted octanol–water partition coefficient (Wildman–Crippen LogP) is 2.20. The van der Waals surface area contributed by atoms with Gasteiger partial charge in [0.25, 0.3) is 0 Å². The van der Waals surface area contributed by atoms with Crippen LogP contribution in [0.1, 0.15) is 41.4 Å². The third-order valence-corrected chi connectivity index (χ3v) is 2.96. The van der Waals surface area contributed by atoms with E-state index in [1.54, 1.807) is 20.1 Å². The second kappa shape index (κ2) is 6.52. The maximum absolute atomic E-state index is 11.5. The van der Waals surface area contributed by atoms with Gasteiger partial charge in [-0.05, 0) is 38.0 Å². The lowest BCUT2D eigenvalue weighted by Gasteiger charge is -2.16. The summed E-state index contributed by atoms with van der Waals surface area (Å²) in [6.45, 7) is 6.66. The van der Waals surface area contributed by atoms with Crippen molar-refractivity contribution in [3.63, 3.8) is 0 Å². The zero-order chi connectivity index (χ0) is 13.7. The van der Waals surface area contributed by atoms with Crippen LogP contribution in [0.3, 0.4) is 0 Å². The number of ketones is 1. The average Bonchev–Trinajstić information content (AvgIpc) is 2.32. The van der Waals surface area contributed by atoms with E-state index < -0.39 is 0 Å². The molecule has 0 heterocycles. The highest BCUT2D eigenvalue weighted by molar-refractivity contribution is 5.97. The third kappa shape index (κ3) is 3.55. The van der Waals surface area contributed by atoms with Gasteiger partial charge in [0.15, 0.2) is 5.78 Å². The Kier molecular flexibility index (Phi) is 5.31. The van der Waals surface area contributed by atoms with Crippen LogP contribution in [0.4, 0.5) is 0 Å². The zero-order valence-electron chi connectivity index (χ0n) is 11.4. The van der Waals surface area contributed by atoms with E-state index in [-0.39, 0.29) is 17.6 Å². The Morgan fingerprint density at radius 2 is 2.17 bits per heavy atom. The first-order chi connectivity index (χ1) is 8.47. The Labute approximate surface area is 108 Å². The van der Waals surface area contributed by atoms with Crippen molar-refractivity contribution in [2.24, 2.45) is 0 Å². The smallest absolute Gasteiger partial charge is 0.163 e. The lowest BCUT2D eigenvalue weighted by molar-refractivity contribution is 0.101. The maximum Gasteiger partial charge on any atom is 0.163 e. The number of ether oxygens (including phenoxy) is 1. The summed E-state index contributed by atoms with van der Waals surface area (Å²) in [4.78, 5) is 11.5. The molecule has 1 unspecified atom stereocenters. The Hall–Kier alpha value is -1.39. The van der Waals surface area contributed by atoms with E-state index in [9.17, 15) is 9.90 Å². The number of carbonyl (C=O) groups is 1. The molecule has 0 aliphatic heterocycles. The van der Waals surface area contributed by atoms with Gasteiger partial charge in [0.2, 0.25) is 0 Å². The molecule has 0 saturated heterocycles. The van der Waals surface area contributed by atoms with Crippen LogP contribution < -0.4 is 5.32 Å². The minimum absolute atomic E-state index is 0.0790. The molecule has 1 rings (SSSR count). The van der Waals surface area contributed by atoms with Gasteiger partial charge >= 0.3 is 0 Å². The van der Waals surface area contributed by atoms with E-state index in [2.05, 4.69) is 5.32 Å². The molecule has 4 nitrogen and oxygen atoms in total. The molecule has 0 bridgehead atoms. The van der Waals surface area contributed by atoms with Crippen molar-refractivity contribution in [1.29, 1.82) is 0 Å². The molecule has 4 heteroatoms. The first-order valence-corrected chi connectivity index (χ1v) is 6.04. The van der Waals surface area contributed by atoms with Crippen molar-refractivity contribution in [2.75, 3.05) is 20.3 Å². The summed E-state index contributed by atoms with van der Waals surface area (Å²) in [6, 6.07) is 3.75. The number of hydrogen-bond donors (Lipinski definition) is 2. The molecule has 0 spiro atoms. The number of benzene rings is 1. The summed E-state index contributed by atoms with van der Waals surface area (Å²) in [7, 11) is 1.66. The van der Waals surface area contributed by atoms with Gasteiger partial charge in [0.1, 0.15) is 5.75 Å². The lowest BCUT2D eigenvalue weighted by atomic mass is 9.98. The van der Waals surface area contributed by atoms with Gasteiger partial charge in [-0.15, -0.1) is 0 Å². The predicted molar refractivity (Wildman–Crippen MR) is 71.1 cm³/mol. The number of aryl methyl sites for hydroxylation is 1. The molecule has 0 aliphatic rings. The number of phenols is 1. The summed E-state index contributed by atoms with van der Waals surface area (Å²) in [6.07, 6.45) is 0. The molecule has 1 aromatic rings. The van der Waals surface area contributed by atoms with Crippen molar-refractivity contribution in [3.05, 3.63) is 28.8 Å². The minimum Gasteiger partial charge on any atom is -0.507 e. The van der Waals surface area contributed by atoms with Crippen LogP contribution in [0.25, 0.3) is 0 Å². The van der Waals surface area contributed by atoms with Crippen molar-refractivity contribution in [3.8, 4) is 5.75 Å². The standard InChI is InChI=1S/C14H21NO3/c1-9-7-12(10(2)15-5-6-18-4)8-13(11(3)16)14(9)17/h7-8,10,15,17H,5-6H2,1-4H3. The van der Waals surface area contributed by atoms with E-state index in [1.807, 2.05) is 13.0 Å². The van der Waals surface area contributed by atoms with Crippen molar-refractivity contribution < 1.29 is 14.6 Å². The molecular weight excluding hydrogens is 230 g/mol. The quantitative estimate of drug-likeness (QED) is 0.601. The van der Waals surface area contributed by atoms with Crippen LogP contribution in [-0.2, 0) is 4.74 Å². The molecule has 1 aromatic carbocycles. The van der Waals surface area contributed by atoms with Crippen LogP contribution in [0, 0.1) is 6.92 Å². The molecule has 0 amide bonds. The Bertz CT molecular complexity index is 429. The van der Waals surface area contributed by atoms with E-state index in [4.69, 9.17) is 4.74 Å². The van der Waals surface area contributed by atoms with Crippen molar-refractivity contribution >= 4 is 5.78 Å². The number of phenolic OH excluding ortho intramolecular Hbond substituents is 1. The van der Waals surface area contributed by atoms with Gasteiger partial charge in [-0.1, -0.05) is 6.07 Å². The Balaban J connectivity index is 2.92. The van der Waals surface area contributed by atoms with Gasteiger partial charge in [0.05, 0.1) is 12.2 Å². The number of carbonyl (C=O) groups excluding carboxylic acids is 1. The molecule has 100 valence electrons. The molecule has 2 N–H and O–H groups in total.